The second-order valence-electron chi connectivity index (χ2n) is 5.14. The van der Waals surface area contributed by atoms with Crippen molar-refractivity contribution in [1.29, 1.82) is 0 Å². The number of ether oxygens (including phenoxy) is 1. The Kier molecular flexibility index (Phi) is 6.11. The van der Waals surface area contributed by atoms with E-state index >= 15 is 0 Å². The highest BCUT2D eigenvalue weighted by Crippen LogP contribution is 2.25. The number of nitrogens with one attached hydrogen (secondary N) is 1. The minimum absolute atomic E-state index is 0.0527. The molecule has 25 heavy (non-hydrogen) atoms. The summed E-state index contributed by atoms with van der Waals surface area (Å²) in [7, 11) is -2.24. The lowest BCUT2D eigenvalue weighted by molar-refractivity contribution is 0.102. The lowest BCUT2D eigenvalue weighted by atomic mass is 10.2. The Labute approximate surface area is 147 Å². The Morgan fingerprint density at radius 3 is 2.36 bits per heavy atom. The number of aromatic nitrogens is 1. The van der Waals surface area contributed by atoms with Gasteiger partial charge in [-0.15, -0.1) is 0 Å². The number of hydrogen-bond acceptors (Lipinski definition) is 5. The minimum Gasteiger partial charge on any atom is -0.496 e. The fourth-order valence-electron chi connectivity index (χ4n) is 2.37. The second kappa shape index (κ2) is 8.09. The van der Waals surface area contributed by atoms with Gasteiger partial charge in [-0.25, -0.2) is 8.42 Å². The molecule has 0 aliphatic heterocycles. The van der Waals surface area contributed by atoms with Crippen LogP contribution in [0.3, 0.4) is 0 Å². The minimum atomic E-state index is -3.67. The van der Waals surface area contributed by atoms with E-state index in [2.05, 4.69) is 10.3 Å². The molecule has 0 atom stereocenters. The van der Waals surface area contributed by atoms with Crippen LogP contribution in [-0.2, 0) is 10.0 Å². The van der Waals surface area contributed by atoms with Crippen molar-refractivity contribution in [1.82, 2.24) is 9.29 Å². The lowest BCUT2D eigenvalue weighted by Crippen LogP contribution is -2.30. The normalized spacial score (nSPS) is 11.4. The number of nitrogens with zero attached hydrogens (tertiary/aromatic N) is 2. The number of amides is 1. The molecule has 0 fully saturated rings. The first-order chi connectivity index (χ1) is 11.9. The molecule has 0 saturated heterocycles. The maximum Gasteiger partial charge on any atom is 0.259 e. The third kappa shape index (κ3) is 4.15. The first-order valence-corrected chi connectivity index (χ1v) is 9.27. The zero-order chi connectivity index (χ0) is 18.4. The summed E-state index contributed by atoms with van der Waals surface area (Å²) < 4.78 is 31.9. The van der Waals surface area contributed by atoms with Crippen molar-refractivity contribution in [2.45, 2.75) is 18.7 Å². The number of benzene rings is 1. The Balaban J connectivity index is 2.42. The van der Waals surface area contributed by atoms with Crippen LogP contribution in [0.25, 0.3) is 0 Å². The summed E-state index contributed by atoms with van der Waals surface area (Å²) in [6.07, 6.45) is 3.10. The van der Waals surface area contributed by atoms with E-state index < -0.39 is 15.9 Å². The highest BCUT2D eigenvalue weighted by Gasteiger charge is 2.24. The molecule has 0 unspecified atom stereocenters. The van der Waals surface area contributed by atoms with Crippen LogP contribution in [-0.4, -0.2) is 43.8 Å². The number of rotatable bonds is 7. The van der Waals surface area contributed by atoms with Gasteiger partial charge in [-0.1, -0.05) is 13.8 Å². The van der Waals surface area contributed by atoms with Gasteiger partial charge in [-0.3, -0.25) is 9.78 Å². The van der Waals surface area contributed by atoms with Crippen LogP contribution in [0.1, 0.15) is 24.2 Å². The van der Waals surface area contributed by atoms with Crippen molar-refractivity contribution < 1.29 is 17.9 Å². The van der Waals surface area contributed by atoms with E-state index in [-0.39, 0.29) is 10.5 Å². The number of anilines is 1. The number of sulfonamides is 1. The fraction of sp³-hybridized carbons (Fsp3) is 0.294. The Hall–Kier alpha value is -2.45. The topological polar surface area (TPSA) is 88.6 Å². The number of carbonyl (C=O) groups is 1. The molecule has 0 bridgehead atoms. The Bertz CT molecular complexity index is 834. The van der Waals surface area contributed by atoms with Crippen LogP contribution in [0.4, 0.5) is 5.69 Å². The first-order valence-electron chi connectivity index (χ1n) is 7.83. The van der Waals surface area contributed by atoms with Gasteiger partial charge < -0.3 is 10.1 Å². The highest BCUT2D eigenvalue weighted by molar-refractivity contribution is 7.89. The highest BCUT2D eigenvalue weighted by atomic mass is 32.2. The SMILES string of the molecule is CCN(CC)S(=O)(=O)c1ccc(OC)c(C(=O)Nc2ccncc2)c1. The van der Waals surface area contributed by atoms with E-state index in [0.717, 1.165) is 0 Å². The van der Waals surface area contributed by atoms with Crippen molar-refractivity contribution in [3.8, 4) is 5.75 Å². The van der Waals surface area contributed by atoms with Crippen molar-refractivity contribution in [2.24, 2.45) is 0 Å². The summed E-state index contributed by atoms with van der Waals surface area (Å²) in [6.45, 7) is 4.23. The molecule has 7 nitrogen and oxygen atoms in total. The van der Waals surface area contributed by atoms with Crippen LogP contribution in [0.15, 0.2) is 47.6 Å². The molecule has 0 spiro atoms. The molecule has 1 aromatic heterocycles. The van der Waals surface area contributed by atoms with Crippen molar-refractivity contribution in [3.05, 3.63) is 48.3 Å². The maximum atomic E-state index is 12.7. The molecule has 1 N–H and O–H groups in total. The molecule has 0 aliphatic carbocycles. The van der Waals surface area contributed by atoms with Crippen LogP contribution < -0.4 is 10.1 Å². The molecule has 0 radical (unpaired) electrons. The van der Waals surface area contributed by atoms with Gasteiger partial charge >= 0.3 is 0 Å². The van der Waals surface area contributed by atoms with Gasteiger partial charge in [0.25, 0.3) is 5.91 Å². The van der Waals surface area contributed by atoms with Crippen LogP contribution in [0.2, 0.25) is 0 Å². The Morgan fingerprint density at radius 2 is 1.80 bits per heavy atom. The van der Waals surface area contributed by atoms with Gasteiger partial charge in [0.2, 0.25) is 10.0 Å². The quantitative estimate of drug-likeness (QED) is 0.816. The predicted molar refractivity (Wildman–Crippen MR) is 95.3 cm³/mol. The molecule has 1 aromatic carbocycles. The predicted octanol–water partition coefficient (Wildman–Crippen LogP) is 2.37. The standard InChI is InChI=1S/C17H21N3O4S/c1-4-20(5-2)25(22,23)14-6-7-16(24-3)15(12-14)17(21)19-13-8-10-18-11-9-13/h6-12H,4-5H2,1-3H3,(H,18,19,21). The van der Waals surface area contributed by atoms with Gasteiger partial charge in [-0.05, 0) is 30.3 Å². The summed E-state index contributed by atoms with van der Waals surface area (Å²) in [4.78, 5) is 16.5. The van der Waals surface area contributed by atoms with E-state index in [1.807, 2.05) is 0 Å². The molecular formula is C17H21N3O4S. The van der Waals surface area contributed by atoms with Gasteiger partial charge in [0, 0.05) is 31.2 Å². The molecule has 0 saturated carbocycles. The van der Waals surface area contributed by atoms with Crippen molar-refractivity contribution in [2.75, 3.05) is 25.5 Å². The van der Waals surface area contributed by atoms with Crippen molar-refractivity contribution in [3.63, 3.8) is 0 Å². The van der Waals surface area contributed by atoms with Crippen LogP contribution in [0, 0.1) is 0 Å². The fourth-order valence-corrected chi connectivity index (χ4v) is 3.86. The molecule has 134 valence electrons. The third-order valence-electron chi connectivity index (χ3n) is 3.70. The molecule has 2 aromatic rings. The monoisotopic (exact) mass is 363 g/mol. The van der Waals surface area contributed by atoms with E-state index in [1.54, 1.807) is 38.4 Å². The van der Waals surface area contributed by atoms with Gasteiger partial charge in [-0.2, -0.15) is 4.31 Å². The average Bonchev–Trinajstić information content (AvgIpc) is 2.62. The summed E-state index contributed by atoms with van der Waals surface area (Å²) in [5.41, 5.74) is 0.701. The summed E-state index contributed by atoms with van der Waals surface area (Å²) in [6, 6.07) is 7.54. The van der Waals surface area contributed by atoms with Crippen LogP contribution >= 0.6 is 0 Å². The average molecular weight is 363 g/mol. The molecule has 1 amide bonds. The summed E-state index contributed by atoms with van der Waals surface area (Å²) in [5.74, 6) is -0.162. The number of hydrogen-bond donors (Lipinski definition) is 1. The number of carbonyl (C=O) groups excluding carboxylic acids is 1. The number of pyridine rings is 1. The van der Waals surface area contributed by atoms with Gasteiger partial charge in [0.15, 0.2) is 0 Å². The maximum absolute atomic E-state index is 12.7. The van der Waals surface area contributed by atoms with Crippen LogP contribution in [0.5, 0.6) is 5.75 Å². The smallest absolute Gasteiger partial charge is 0.259 e. The molecule has 8 heteroatoms. The van der Waals surface area contributed by atoms with E-state index in [1.165, 1.54) is 29.6 Å². The van der Waals surface area contributed by atoms with E-state index in [0.29, 0.717) is 24.5 Å². The zero-order valence-electron chi connectivity index (χ0n) is 14.4. The van der Waals surface area contributed by atoms with E-state index in [4.69, 9.17) is 4.74 Å². The zero-order valence-corrected chi connectivity index (χ0v) is 15.2. The lowest BCUT2D eigenvalue weighted by Gasteiger charge is -2.19. The van der Waals surface area contributed by atoms with E-state index in [9.17, 15) is 13.2 Å². The van der Waals surface area contributed by atoms with Crippen molar-refractivity contribution >= 4 is 21.6 Å². The second-order valence-corrected chi connectivity index (χ2v) is 7.08. The Morgan fingerprint density at radius 1 is 1.16 bits per heavy atom. The van der Waals surface area contributed by atoms with Gasteiger partial charge in [0.05, 0.1) is 17.6 Å². The molecular weight excluding hydrogens is 342 g/mol. The molecule has 2 rings (SSSR count). The summed E-state index contributed by atoms with van der Waals surface area (Å²) in [5, 5.41) is 2.70. The largest absolute Gasteiger partial charge is 0.496 e. The number of methoxy groups -OCH3 is 1. The third-order valence-corrected chi connectivity index (χ3v) is 5.74. The van der Waals surface area contributed by atoms with Gasteiger partial charge in [0.1, 0.15) is 5.75 Å². The molecule has 1 heterocycles. The first kappa shape index (κ1) is 18.9. The summed E-state index contributed by atoms with van der Waals surface area (Å²) >= 11 is 0. The molecule has 0 aliphatic rings.